The van der Waals surface area contributed by atoms with Gasteiger partial charge < -0.3 is 11.1 Å². The van der Waals surface area contributed by atoms with E-state index in [0.29, 0.717) is 0 Å². The van der Waals surface area contributed by atoms with Crippen LogP contribution in [-0.4, -0.2) is 22.0 Å². The summed E-state index contributed by atoms with van der Waals surface area (Å²) in [7, 11) is 1.91. The molecule has 0 spiro atoms. The minimum Gasteiger partial charge on any atom is -0.386 e. The molecule has 0 aliphatic heterocycles. The second-order valence-electron chi connectivity index (χ2n) is 5.31. The van der Waals surface area contributed by atoms with Crippen LogP contribution in [0.3, 0.4) is 0 Å². The number of hydrogen-bond acceptors (Lipinski definition) is 6. The summed E-state index contributed by atoms with van der Waals surface area (Å²) in [5.41, 5.74) is 9.88. The molecule has 0 atom stereocenters. The largest absolute Gasteiger partial charge is 0.386 e. The van der Waals surface area contributed by atoms with Gasteiger partial charge in [-0.15, -0.1) is 11.3 Å². The van der Waals surface area contributed by atoms with E-state index in [0.717, 1.165) is 21.8 Å². The van der Waals surface area contributed by atoms with Gasteiger partial charge in [-0.25, -0.2) is 9.97 Å². The molecule has 4 aromatic rings. The van der Waals surface area contributed by atoms with Crippen molar-refractivity contribution in [2.75, 3.05) is 18.1 Å². The number of benzene rings is 1. The van der Waals surface area contributed by atoms with Gasteiger partial charge in [-0.05, 0) is 23.6 Å². The van der Waals surface area contributed by atoms with Crippen molar-refractivity contribution in [3.63, 3.8) is 0 Å². The summed E-state index contributed by atoms with van der Waals surface area (Å²) in [5, 5.41) is 4.39. The summed E-state index contributed by atoms with van der Waals surface area (Å²) in [6.07, 6.45) is 5.34. The molecule has 3 aromatic heterocycles. The monoisotopic (exact) mass is 333 g/mol. The van der Waals surface area contributed by atoms with E-state index in [4.69, 9.17) is 5.73 Å². The Labute approximate surface area is 143 Å². The smallest absolute Gasteiger partial charge is 0.220 e. The van der Waals surface area contributed by atoms with Crippen molar-refractivity contribution in [3.05, 3.63) is 55.0 Å². The Bertz CT molecular complexity index is 1020. The zero-order valence-electron chi connectivity index (χ0n) is 13.0. The molecular formula is C18H15N5S. The first-order valence-corrected chi connectivity index (χ1v) is 8.31. The van der Waals surface area contributed by atoms with E-state index in [1.807, 2.05) is 31.6 Å². The van der Waals surface area contributed by atoms with Crippen molar-refractivity contribution in [1.29, 1.82) is 0 Å². The maximum Gasteiger partial charge on any atom is 0.220 e. The van der Waals surface area contributed by atoms with Crippen LogP contribution >= 0.6 is 11.3 Å². The van der Waals surface area contributed by atoms with Crippen molar-refractivity contribution in [2.24, 2.45) is 0 Å². The number of nitrogens with two attached hydrogens (primary N) is 1. The Hall–Kier alpha value is -2.99. The van der Waals surface area contributed by atoms with Crippen LogP contribution in [-0.2, 0) is 0 Å². The van der Waals surface area contributed by atoms with Crippen LogP contribution in [0.2, 0.25) is 0 Å². The summed E-state index contributed by atoms with van der Waals surface area (Å²) in [5.74, 6) is 0.289. The predicted octanol–water partition coefficient (Wildman–Crippen LogP) is 4.04. The van der Waals surface area contributed by atoms with E-state index in [2.05, 4.69) is 44.5 Å². The van der Waals surface area contributed by atoms with Crippen molar-refractivity contribution in [1.82, 2.24) is 15.0 Å². The standard InChI is InChI=1S/C18H15N5S/c1-20-15-10-21-7-5-12(15)13-4-2-3-11-9-16(24-17(11)13)14-6-8-22-18(19)23-14/h2-10,20H,1H3,(H2,19,22,23). The van der Waals surface area contributed by atoms with Crippen molar-refractivity contribution >= 4 is 33.1 Å². The highest BCUT2D eigenvalue weighted by Crippen LogP contribution is 2.40. The Kier molecular flexibility index (Phi) is 3.59. The van der Waals surface area contributed by atoms with Gasteiger partial charge in [0, 0.05) is 35.3 Å². The molecule has 0 saturated heterocycles. The van der Waals surface area contributed by atoms with Gasteiger partial charge in [-0.1, -0.05) is 18.2 Å². The maximum absolute atomic E-state index is 5.72. The van der Waals surface area contributed by atoms with E-state index < -0.39 is 0 Å². The summed E-state index contributed by atoms with van der Waals surface area (Å²) in [6.45, 7) is 0. The van der Waals surface area contributed by atoms with E-state index >= 15 is 0 Å². The molecule has 4 rings (SSSR count). The lowest BCUT2D eigenvalue weighted by molar-refractivity contribution is 1.19. The average Bonchev–Trinajstić information content (AvgIpc) is 3.06. The number of nitrogens with zero attached hydrogens (tertiary/aromatic N) is 3. The second-order valence-corrected chi connectivity index (χ2v) is 6.36. The van der Waals surface area contributed by atoms with Crippen LogP contribution < -0.4 is 11.1 Å². The van der Waals surface area contributed by atoms with Gasteiger partial charge in [0.2, 0.25) is 5.95 Å². The lowest BCUT2D eigenvalue weighted by atomic mass is 10.0. The van der Waals surface area contributed by atoms with Gasteiger partial charge in [-0.3, -0.25) is 4.98 Å². The number of thiophene rings is 1. The van der Waals surface area contributed by atoms with Gasteiger partial charge in [0.25, 0.3) is 0 Å². The maximum atomic E-state index is 5.72. The Morgan fingerprint density at radius 2 is 2.00 bits per heavy atom. The highest BCUT2D eigenvalue weighted by atomic mass is 32.1. The molecule has 0 unspecified atom stereocenters. The van der Waals surface area contributed by atoms with Crippen molar-refractivity contribution in [2.45, 2.75) is 0 Å². The average molecular weight is 333 g/mol. The molecule has 5 nitrogen and oxygen atoms in total. The zero-order chi connectivity index (χ0) is 16.5. The molecule has 24 heavy (non-hydrogen) atoms. The van der Waals surface area contributed by atoms with E-state index in [1.165, 1.54) is 15.6 Å². The van der Waals surface area contributed by atoms with Crippen LogP contribution in [0.25, 0.3) is 31.8 Å². The Balaban J connectivity index is 1.92. The zero-order valence-corrected chi connectivity index (χ0v) is 13.8. The molecule has 0 aliphatic carbocycles. The van der Waals surface area contributed by atoms with Crippen LogP contribution in [0.15, 0.2) is 55.0 Å². The fourth-order valence-electron chi connectivity index (χ4n) is 2.74. The van der Waals surface area contributed by atoms with Gasteiger partial charge >= 0.3 is 0 Å². The lowest BCUT2D eigenvalue weighted by Crippen LogP contribution is -1.93. The van der Waals surface area contributed by atoms with E-state index in [1.54, 1.807) is 17.5 Å². The molecule has 0 radical (unpaired) electrons. The normalized spacial score (nSPS) is 10.9. The summed E-state index contributed by atoms with van der Waals surface area (Å²) < 4.78 is 1.22. The molecule has 0 aliphatic rings. The van der Waals surface area contributed by atoms with Crippen molar-refractivity contribution in [3.8, 4) is 21.7 Å². The predicted molar refractivity (Wildman–Crippen MR) is 100 cm³/mol. The fraction of sp³-hybridized carbons (Fsp3) is 0.0556. The van der Waals surface area contributed by atoms with E-state index in [-0.39, 0.29) is 5.95 Å². The number of pyridine rings is 1. The summed E-state index contributed by atoms with van der Waals surface area (Å²) in [4.78, 5) is 13.6. The quantitative estimate of drug-likeness (QED) is 0.591. The third-order valence-corrected chi connectivity index (χ3v) is 5.06. The summed E-state index contributed by atoms with van der Waals surface area (Å²) in [6, 6.07) is 12.4. The minimum atomic E-state index is 0.289. The molecule has 0 saturated carbocycles. The number of nitrogen functional groups attached to an aromatic ring is 1. The molecular weight excluding hydrogens is 318 g/mol. The molecule has 3 heterocycles. The second kappa shape index (κ2) is 5.90. The first kappa shape index (κ1) is 14.6. The third kappa shape index (κ3) is 2.47. The van der Waals surface area contributed by atoms with Gasteiger partial charge in [0.1, 0.15) is 0 Å². The van der Waals surface area contributed by atoms with Crippen LogP contribution in [0.5, 0.6) is 0 Å². The van der Waals surface area contributed by atoms with Gasteiger partial charge in [0.05, 0.1) is 22.5 Å². The molecule has 1 aromatic carbocycles. The highest BCUT2D eigenvalue weighted by Gasteiger charge is 2.12. The fourth-order valence-corrected chi connectivity index (χ4v) is 3.90. The number of hydrogen-bond donors (Lipinski definition) is 2. The SMILES string of the molecule is CNc1cnccc1-c1cccc2cc(-c3ccnc(N)n3)sc12. The van der Waals surface area contributed by atoms with E-state index in [9.17, 15) is 0 Å². The topological polar surface area (TPSA) is 76.7 Å². The molecule has 0 amide bonds. The molecule has 0 fully saturated rings. The third-order valence-electron chi connectivity index (χ3n) is 3.85. The number of rotatable bonds is 3. The number of fused-ring (bicyclic) bond motifs is 1. The molecule has 0 bridgehead atoms. The highest BCUT2D eigenvalue weighted by molar-refractivity contribution is 7.22. The number of aromatic nitrogens is 3. The first-order valence-electron chi connectivity index (χ1n) is 7.50. The Morgan fingerprint density at radius 1 is 1.08 bits per heavy atom. The molecule has 6 heteroatoms. The summed E-state index contributed by atoms with van der Waals surface area (Å²) >= 11 is 1.71. The minimum absolute atomic E-state index is 0.289. The van der Waals surface area contributed by atoms with Crippen LogP contribution in [0.4, 0.5) is 11.6 Å². The molecule has 118 valence electrons. The van der Waals surface area contributed by atoms with Crippen LogP contribution in [0, 0.1) is 0 Å². The van der Waals surface area contributed by atoms with Gasteiger partial charge in [0.15, 0.2) is 0 Å². The van der Waals surface area contributed by atoms with Crippen molar-refractivity contribution < 1.29 is 0 Å². The lowest BCUT2D eigenvalue weighted by Gasteiger charge is -2.09. The first-order chi connectivity index (χ1) is 11.8. The number of nitrogens with one attached hydrogen (secondary N) is 1. The Morgan fingerprint density at radius 3 is 2.83 bits per heavy atom. The molecule has 3 N–H and O–H groups in total. The number of anilines is 2. The van der Waals surface area contributed by atoms with Crippen LogP contribution in [0.1, 0.15) is 0 Å². The van der Waals surface area contributed by atoms with Gasteiger partial charge in [-0.2, -0.15) is 0 Å².